The minimum absolute atomic E-state index is 0.422. The van der Waals surface area contributed by atoms with Crippen LogP contribution in [-0.4, -0.2) is 6.54 Å². The van der Waals surface area contributed by atoms with E-state index in [1.807, 2.05) is 0 Å². The molecule has 0 saturated heterocycles. The lowest BCUT2D eigenvalue weighted by molar-refractivity contribution is 0.179. The van der Waals surface area contributed by atoms with E-state index in [-0.39, 0.29) is 0 Å². The van der Waals surface area contributed by atoms with Gasteiger partial charge in [-0.1, -0.05) is 25.8 Å². The Balaban J connectivity index is 2.09. The van der Waals surface area contributed by atoms with Crippen molar-refractivity contribution in [3.05, 3.63) is 35.4 Å². The fourth-order valence-electron chi connectivity index (χ4n) is 3.32. The normalized spacial score (nSPS) is 27.5. The Bertz CT molecular complexity index is 419. The van der Waals surface area contributed by atoms with Gasteiger partial charge in [0.15, 0.2) is 0 Å². The molecular formula is C16H23F2N. The second-order valence-corrected chi connectivity index (χ2v) is 5.78. The van der Waals surface area contributed by atoms with E-state index in [2.05, 4.69) is 6.92 Å². The molecule has 3 unspecified atom stereocenters. The average molecular weight is 267 g/mol. The van der Waals surface area contributed by atoms with Gasteiger partial charge in [0.05, 0.1) is 0 Å². The SMILES string of the molecule is CCC1CCC(CN)C(Cc2ccc(F)cc2F)C1. The Hall–Kier alpha value is -0.960. The second-order valence-electron chi connectivity index (χ2n) is 5.78. The van der Waals surface area contributed by atoms with Crippen molar-refractivity contribution in [1.29, 1.82) is 0 Å². The van der Waals surface area contributed by atoms with E-state index >= 15 is 0 Å². The topological polar surface area (TPSA) is 26.0 Å². The summed E-state index contributed by atoms with van der Waals surface area (Å²) in [5.74, 6) is 0.716. The third kappa shape index (κ3) is 3.53. The molecule has 106 valence electrons. The van der Waals surface area contributed by atoms with Gasteiger partial charge in [0.1, 0.15) is 11.6 Å². The highest BCUT2D eigenvalue weighted by molar-refractivity contribution is 5.19. The summed E-state index contributed by atoms with van der Waals surface area (Å²) in [7, 11) is 0. The fraction of sp³-hybridized carbons (Fsp3) is 0.625. The largest absolute Gasteiger partial charge is 0.330 e. The number of halogens is 2. The van der Waals surface area contributed by atoms with E-state index < -0.39 is 11.6 Å². The van der Waals surface area contributed by atoms with Crippen LogP contribution in [0.25, 0.3) is 0 Å². The van der Waals surface area contributed by atoms with Gasteiger partial charge in [-0.25, -0.2) is 8.78 Å². The van der Waals surface area contributed by atoms with Crippen LogP contribution >= 0.6 is 0 Å². The number of benzene rings is 1. The summed E-state index contributed by atoms with van der Waals surface area (Å²) in [5.41, 5.74) is 6.47. The fourth-order valence-corrected chi connectivity index (χ4v) is 3.32. The number of hydrogen-bond donors (Lipinski definition) is 1. The van der Waals surface area contributed by atoms with E-state index in [1.54, 1.807) is 6.07 Å². The number of nitrogens with two attached hydrogens (primary N) is 1. The van der Waals surface area contributed by atoms with Crippen LogP contribution in [0.15, 0.2) is 18.2 Å². The van der Waals surface area contributed by atoms with Crippen LogP contribution in [0.2, 0.25) is 0 Å². The molecule has 1 nitrogen and oxygen atoms in total. The van der Waals surface area contributed by atoms with Crippen LogP contribution in [-0.2, 0) is 6.42 Å². The predicted molar refractivity (Wildman–Crippen MR) is 73.7 cm³/mol. The maximum Gasteiger partial charge on any atom is 0.129 e. The zero-order chi connectivity index (χ0) is 13.8. The van der Waals surface area contributed by atoms with E-state index in [0.29, 0.717) is 30.4 Å². The summed E-state index contributed by atoms with van der Waals surface area (Å²) in [5, 5.41) is 0. The van der Waals surface area contributed by atoms with Gasteiger partial charge < -0.3 is 5.73 Å². The van der Waals surface area contributed by atoms with E-state index in [0.717, 1.165) is 24.8 Å². The van der Waals surface area contributed by atoms with Gasteiger partial charge in [0.2, 0.25) is 0 Å². The molecule has 0 radical (unpaired) electrons. The van der Waals surface area contributed by atoms with Gasteiger partial charge in [-0.2, -0.15) is 0 Å². The molecule has 0 aromatic heterocycles. The quantitative estimate of drug-likeness (QED) is 0.879. The molecule has 0 amide bonds. The van der Waals surface area contributed by atoms with Gasteiger partial charge >= 0.3 is 0 Å². The van der Waals surface area contributed by atoms with Crippen LogP contribution in [0.5, 0.6) is 0 Å². The lowest BCUT2D eigenvalue weighted by Gasteiger charge is -2.35. The Morgan fingerprint density at radius 3 is 2.63 bits per heavy atom. The van der Waals surface area contributed by atoms with Crippen molar-refractivity contribution in [2.75, 3.05) is 6.54 Å². The maximum atomic E-state index is 13.7. The van der Waals surface area contributed by atoms with Crippen LogP contribution in [0, 0.1) is 29.4 Å². The van der Waals surface area contributed by atoms with Gasteiger partial charge in [-0.05, 0) is 55.2 Å². The highest BCUT2D eigenvalue weighted by atomic mass is 19.1. The van der Waals surface area contributed by atoms with Crippen molar-refractivity contribution in [2.45, 2.75) is 39.0 Å². The Morgan fingerprint density at radius 2 is 2.00 bits per heavy atom. The molecule has 1 aliphatic rings. The second kappa shape index (κ2) is 6.47. The monoisotopic (exact) mass is 267 g/mol. The molecule has 0 heterocycles. The molecule has 3 atom stereocenters. The Morgan fingerprint density at radius 1 is 1.21 bits per heavy atom. The van der Waals surface area contributed by atoms with E-state index in [4.69, 9.17) is 5.73 Å². The van der Waals surface area contributed by atoms with Gasteiger partial charge in [0, 0.05) is 6.07 Å². The smallest absolute Gasteiger partial charge is 0.129 e. The molecule has 0 spiro atoms. The summed E-state index contributed by atoms with van der Waals surface area (Å²) in [6.07, 6.45) is 5.36. The molecule has 0 aliphatic heterocycles. The molecule has 0 bridgehead atoms. The highest BCUT2D eigenvalue weighted by Gasteiger charge is 2.29. The Kier molecular flexibility index (Phi) is 4.92. The van der Waals surface area contributed by atoms with Crippen LogP contribution in [0.3, 0.4) is 0 Å². The van der Waals surface area contributed by atoms with Gasteiger partial charge in [-0.3, -0.25) is 0 Å². The highest BCUT2D eigenvalue weighted by Crippen LogP contribution is 2.37. The standard InChI is InChI=1S/C16H23F2N/c1-2-11-3-4-13(10-19)14(7-11)8-12-5-6-15(17)9-16(12)18/h5-6,9,11,13-14H,2-4,7-8,10,19H2,1H3. The third-order valence-corrected chi connectivity index (χ3v) is 4.63. The molecule has 1 aromatic carbocycles. The molecule has 2 N–H and O–H groups in total. The maximum absolute atomic E-state index is 13.7. The summed E-state index contributed by atoms with van der Waals surface area (Å²) < 4.78 is 26.7. The predicted octanol–water partition coefficient (Wildman–Crippen LogP) is 3.91. The lowest BCUT2D eigenvalue weighted by Crippen LogP contribution is -2.31. The molecular weight excluding hydrogens is 244 g/mol. The van der Waals surface area contributed by atoms with E-state index in [9.17, 15) is 8.78 Å². The van der Waals surface area contributed by atoms with Crippen molar-refractivity contribution in [3.8, 4) is 0 Å². The number of hydrogen-bond acceptors (Lipinski definition) is 1. The van der Waals surface area contributed by atoms with Crippen molar-refractivity contribution < 1.29 is 8.78 Å². The molecule has 2 rings (SSSR count). The van der Waals surface area contributed by atoms with Gasteiger partial charge in [0.25, 0.3) is 0 Å². The van der Waals surface area contributed by atoms with Crippen molar-refractivity contribution in [2.24, 2.45) is 23.5 Å². The Labute approximate surface area is 114 Å². The number of rotatable bonds is 4. The summed E-state index contributed by atoms with van der Waals surface area (Å²) >= 11 is 0. The van der Waals surface area contributed by atoms with Crippen LogP contribution < -0.4 is 5.73 Å². The molecule has 3 heteroatoms. The van der Waals surface area contributed by atoms with Crippen molar-refractivity contribution >= 4 is 0 Å². The minimum Gasteiger partial charge on any atom is -0.330 e. The zero-order valence-corrected chi connectivity index (χ0v) is 11.5. The first-order chi connectivity index (χ1) is 9.13. The van der Waals surface area contributed by atoms with Gasteiger partial charge in [-0.15, -0.1) is 0 Å². The van der Waals surface area contributed by atoms with Crippen molar-refractivity contribution in [1.82, 2.24) is 0 Å². The first kappa shape index (κ1) is 14.4. The molecule has 1 saturated carbocycles. The third-order valence-electron chi connectivity index (χ3n) is 4.63. The minimum atomic E-state index is -0.508. The summed E-state index contributed by atoms with van der Waals surface area (Å²) in [4.78, 5) is 0. The molecule has 1 fully saturated rings. The zero-order valence-electron chi connectivity index (χ0n) is 11.5. The molecule has 1 aromatic rings. The van der Waals surface area contributed by atoms with Crippen LogP contribution in [0.4, 0.5) is 8.78 Å². The van der Waals surface area contributed by atoms with Crippen molar-refractivity contribution in [3.63, 3.8) is 0 Å². The van der Waals surface area contributed by atoms with E-state index in [1.165, 1.54) is 18.9 Å². The lowest BCUT2D eigenvalue weighted by atomic mass is 9.71. The summed E-state index contributed by atoms with van der Waals surface area (Å²) in [6, 6.07) is 3.90. The average Bonchev–Trinajstić information content (AvgIpc) is 2.41. The summed E-state index contributed by atoms with van der Waals surface area (Å²) in [6.45, 7) is 2.88. The molecule has 19 heavy (non-hydrogen) atoms. The first-order valence-corrected chi connectivity index (χ1v) is 7.28. The first-order valence-electron chi connectivity index (χ1n) is 7.28. The van der Waals surface area contributed by atoms with Crippen LogP contribution in [0.1, 0.15) is 38.2 Å². The molecule has 1 aliphatic carbocycles.